The van der Waals surface area contributed by atoms with Gasteiger partial charge in [0.2, 0.25) is 0 Å². The van der Waals surface area contributed by atoms with E-state index in [1.54, 1.807) is 7.11 Å². The maximum atomic E-state index is 12.4. The lowest BCUT2D eigenvalue weighted by atomic mass is 9.71. The molecule has 1 aromatic carbocycles. The van der Waals surface area contributed by atoms with Crippen molar-refractivity contribution < 1.29 is 28.5 Å². The van der Waals surface area contributed by atoms with E-state index in [1.165, 1.54) is 7.11 Å². The predicted octanol–water partition coefficient (Wildman–Crippen LogP) is 3.88. The van der Waals surface area contributed by atoms with Crippen LogP contribution in [0, 0.1) is 5.41 Å². The Kier molecular flexibility index (Phi) is 9.22. The maximum absolute atomic E-state index is 12.4. The highest BCUT2D eigenvalue weighted by molar-refractivity contribution is 5.68. The normalized spacial score (nSPS) is 18.4. The van der Waals surface area contributed by atoms with Crippen LogP contribution in [0.5, 0.6) is 5.75 Å². The average molecular weight is 489 g/mol. The molecule has 1 aromatic rings. The first-order valence-corrected chi connectivity index (χ1v) is 12.4. The topological polar surface area (TPSA) is 77.5 Å². The number of rotatable bonds is 10. The zero-order chi connectivity index (χ0) is 25.5. The number of allylic oxidation sites excluding steroid dienone is 1. The Morgan fingerprint density at radius 1 is 1.14 bits per heavy atom. The molecular formula is C27H40N2O6. The molecule has 2 saturated heterocycles. The summed E-state index contributed by atoms with van der Waals surface area (Å²) in [4.78, 5) is 28.0. The number of methoxy groups -OCH3 is 2. The molecule has 0 N–H and O–H groups in total. The van der Waals surface area contributed by atoms with Gasteiger partial charge in [-0.3, -0.25) is 0 Å². The molecule has 2 aliphatic rings. The Balaban J connectivity index is 1.59. The smallest absolute Gasteiger partial charge is 0.410 e. The number of hydrogen-bond donors (Lipinski definition) is 0. The van der Waals surface area contributed by atoms with Gasteiger partial charge in [0.15, 0.2) is 11.7 Å². The summed E-state index contributed by atoms with van der Waals surface area (Å²) in [6, 6.07) is 8.01. The van der Waals surface area contributed by atoms with Gasteiger partial charge in [0.1, 0.15) is 18.0 Å². The summed E-state index contributed by atoms with van der Waals surface area (Å²) in [6.45, 7) is 10.9. The molecule has 35 heavy (non-hydrogen) atoms. The van der Waals surface area contributed by atoms with E-state index in [1.807, 2.05) is 49.8 Å². The van der Waals surface area contributed by atoms with Gasteiger partial charge in [-0.2, -0.15) is 0 Å². The zero-order valence-electron chi connectivity index (χ0n) is 21.8. The number of carbonyl (C=O) groups excluding carboxylic acids is 2. The molecule has 8 nitrogen and oxygen atoms in total. The summed E-state index contributed by atoms with van der Waals surface area (Å²) >= 11 is 0. The molecule has 0 bridgehead atoms. The molecular weight excluding hydrogens is 448 g/mol. The molecule has 0 aliphatic carbocycles. The lowest BCUT2D eigenvalue weighted by molar-refractivity contribution is -0.0536. The van der Waals surface area contributed by atoms with Gasteiger partial charge in [-0.25, -0.2) is 9.59 Å². The highest BCUT2D eigenvalue weighted by Gasteiger charge is 2.46. The molecule has 1 atom stereocenters. The van der Waals surface area contributed by atoms with Crippen molar-refractivity contribution in [1.29, 1.82) is 0 Å². The second-order valence-corrected chi connectivity index (χ2v) is 10.7. The van der Waals surface area contributed by atoms with Crippen LogP contribution in [0.15, 0.2) is 30.0 Å². The minimum absolute atomic E-state index is 0.0802. The Bertz CT molecular complexity index is 889. The second kappa shape index (κ2) is 11.9. The van der Waals surface area contributed by atoms with Crippen LogP contribution >= 0.6 is 0 Å². The molecule has 0 saturated carbocycles. The second-order valence-electron chi connectivity index (χ2n) is 10.7. The average Bonchev–Trinajstić information content (AvgIpc) is 2.80. The Labute approximate surface area is 209 Å². The van der Waals surface area contributed by atoms with Crippen LogP contribution in [0.3, 0.4) is 0 Å². The predicted molar refractivity (Wildman–Crippen MR) is 133 cm³/mol. The van der Waals surface area contributed by atoms with E-state index >= 15 is 0 Å². The largest absolute Gasteiger partial charge is 0.491 e. The molecule has 194 valence electrons. The van der Waals surface area contributed by atoms with E-state index in [2.05, 4.69) is 11.0 Å². The van der Waals surface area contributed by atoms with Crippen molar-refractivity contribution in [2.75, 3.05) is 60.2 Å². The van der Waals surface area contributed by atoms with Crippen molar-refractivity contribution in [2.45, 2.75) is 51.6 Å². The zero-order valence-corrected chi connectivity index (χ0v) is 21.8. The molecule has 2 aliphatic heterocycles. The minimum Gasteiger partial charge on any atom is -0.491 e. The number of ether oxygens (including phenoxy) is 4. The molecule has 1 amide bonds. The van der Waals surface area contributed by atoms with Crippen molar-refractivity contribution in [2.24, 2.45) is 5.41 Å². The summed E-state index contributed by atoms with van der Waals surface area (Å²) < 4.78 is 21.6. The van der Waals surface area contributed by atoms with Crippen LogP contribution in [0.4, 0.5) is 4.79 Å². The van der Waals surface area contributed by atoms with E-state index in [-0.39, 0.29) is 17.4 Å². The minimum atomic E-state index is -0.475. The third-order valence-corrected chi connectivity index (χ3v) is 6.75. The van der Waals surface area contributed by atoms with Crippen LogP contribution in [-0.2, 0) is 19.0 Å². The van der Waals surface area contributed by atoms with E-state index in [0.29, 0.717) is 25.4 Å². The Morgan fingerprint density at radius 2 is 1.86 bits per heavy atom. The van der Waals surface area contributed by atoms with E-state index < -0.39 is 5.60 Å². The molecule has 2 fully saturated rings. The van der Waals surface area contributed by atoms with Gasteiger partial charge >= 0.3 is 6.09 Å². The standard InChI is InChI=1S/C27H40N2O6/c1-26(2,3)35-25(31)29-11-9-27(10-12-29)19-28(20-27)17-22(16-24(18-30)33-5)21-7-6-8-23(15-21)34-14-13-32-4/h6-8,15,22H,9-14,16-17,19-20H2,1-5H3/t22-/m1/s1. The van der Waals surface area contributed by atoms with Crippen molar-refractivity contribution in [3.8, 4) is 5.75 Å². The first kappa shape index (κ1) is 27.1. The van der Waals surface area contributed by atoms with Crippen molar-refractivity contribution in [3.63, 3.8) is 0 Å². The highest BCUT2D eigenvalue weighted by Crippen LogP contribution is 2.42. The molecule has 0 radical (unpaired) electrons. The van der Waals surface area contributed by atoms with E-state index in [9.17, 15) is 9.59 Å². The molecule has 0 unspecified atom stereocenters. The summed E-state index contributed by atoms with van der Waals surface area (Å²) in [7, 11) is 3.16. The quantitative estimate of drug-likeness (QED) is 0.281. The molecule has 8 heteroatoms. The third-order valence-electron chi connectivity index (χ3n) is 6.75. The number of piperidine rings is 1. The summed E-state index contributed by atoms with van der Waals surface area (Å²) in [5.74, 6) is 3.12. The van der Waals surface area contributed by atoms with Gasteiger partial charge in [0.05, 0.1) is 13.7 Å². The van der Waals surface area contributed by atoms with Gasteiger partial charge in [-0.1, -0.05) is 12.1 Å². The first-order valence-electron chi connectivity index (χ1n) is 12.4. The molecule has 3 rings (SSSR count). The molecule has 2 heterocycles. The van der Waals surface area contributed by atoms with Crippen LogP contribution in [-0.4, -0.2) is 87.6 Å². The Morgan fingerprint density at radius 3 is 2.46 bits per heavy atom. The number of nitrogens with zero attached hydrogens (tertiary/aromatic N) is 2. The monoisotopic (exact) mass is 488 g/mol. The lowest BCUT2D eigenvalue weighted by Crippen LogP contribution is -2.61. The van der Waals surface area contributed by atoms with Crippen LogP contribution in [0.25, 0.3) is 0 Å². The first-order chi connectivity index (χ1) is 16.7. The van der Waals surface area contributed by atoms with E-state index in [4.69, 9.17) is 18.9 Å². The van der Waals surface area contributed by atoms with Gasteiger partial charge in [0, 0.05) is 52.2 Å². The fourth-order valence-corrected chi connectivity index (χ4v) is 4.93. The number of carbonyl (C=O) groups is 1. The third kappa shape index (κ3) is 7.72. The van der Waals surface area contributed by atoms with Crippen molar-refractivity contribution in [3.05, 3.63) is 35.6 Å². The molecule has 0 aromatic heterocycles. The van der Waals surface area contributed by atoms with Gasteiger partial charge < -0.3 is 28.7 Å². The van der Waals surface area contributed by atoms with Crippen LogP contribution in [0.1, 0.15) is 51.5 Å². The summed E-state index contributed by atoms with van der Waals surface area (Å²) in [5, 5.41) is 0. The van der Waals surface area contributed by atoms with Crippen molar-refractivity contribution >= 4 is 12.0 Å². The SMILES string of the molecule is COCCOc1cccc([C@H](CC(=C=O)OC)CN2CC3(CCN(C(=O)OC(C)(C)C)CC3)C2)c1. The van der Waals surface area contributed by atoms with Crippen LogP contribution in [0.2, 0.25) is 0 Å². The summed E-state index contributed by atoms with van der Waals surface area (Å²) in [6.07, 6.45) is 2.22. The number of amides is 1. The number of hydrogen-bond acceptors (Lipinski definition) is 7. The van der Waals surface area contributed by atoms with Crippen molar-refractivity contribution in [1.82, 2.24) is 9.80 Å². The van der Waals surface area contributed by atoms with Gasteiger partial charge in [-0.15, -0.1) is 0 Å². The fourth-order valence-electron chi connectivity index (χ4n) is 4.93. The number of benzene rings is 1. The molecule has 1 spiro atoms. The van der Waals surface area contributed by atoms with E-state index in [0.717, 1.165) is 56.9 Å². The number of likely N-dealkylation sites (tertiary alicyclic amines) is 2. The summed E-state index contributed by atoms with van der Waals surface area (Å²) in [5.41, 5.74) is 0.876. The Hall–Kier alpha value is -2.54. The maximum Gasteiger partial charge on any atom is 0.410 e. The van der Waals surface area contributed by atoms with Gasteiger partial charge in [-0.05, 0) is 56.7 Å². The fraction of sp³-hybridized carbons (Fsp3) is 0.667. The van der Waals surface area contributed by atoms with Crippen LogP contribution < -0.4 is 4.74 Å². The van der Waals surface area contributed by atoms with Gasteiger partial charge in [0.25, 0.3) is 0 Å². The highest BCUT2D eigenvalue weighted by atomic mass is 16.6. The lowest BCUT2D eigenvalue weighted by Gasteiger charge is -2.54.